The Morgan fingerprint density at radius 2 is 0.973 bits per heavy atom. The number of hydrogen-bond donors (Lipinski definition) is 0. The summed E-state index contributed by atoms with van der Waals surface area (Å²) in [6, 6.07) is 29.5. The molecular formula is C32H41O4P. The number of rotatable bonds is 16. The zero-order valence-corrected chi connectivity index (χ0v) is 22.8. The van der Waals surface area contributed by atoms with Crippen LogP contribution in [-0.2, 0) is 37.4 Å². The van der Waals surface area contributed by atoms with Gasteiger partial charge in [0.25, 0.3) is 0 Å². The Labute approximate surface area is 223 Å². The number of benzene rings is 3. The molecule has 1 fully saturated rings. The van der Waals surface area contributed by atoms with Gasteiger partial charge in [-0.2, -0.15) is 0 Å². The third-order valence-electron chi connectivity index (χ3n) is 7.07. The van der Waals surface area contributed by atoms with Crippen LogP contribution in [0, 0.1) is 0 Å². The second-order valence-corrected chi connectivity index (χ2v) is 11.6. The van der Waals surface area contributed by atoms with Gasteiger partial charge >= 0.3 is 7.82 Å². The topological polar surface area (TPSA) is 44.8 Å². The quantitative estimate of drug-likeness (QED) is 0.140. The molecule has 3 aromatic rings. The van der Waals surface area contributed by atoms with Crippen molar-refractivity contribution in [2.45, 2.75) is 70.1 Å². The highest BCUT2D eigenvalue weighted by Crippen LogP contribution is 2.49. The fourth-order valence-electron chi connectivity index (χ4n) is 4.97. The molecule has 0 spiro atoms. The molecule has 37 heavy (non-hydrogen) atoms. The molecule has 0 aromatic heterocycles. The first-order valence-electron chi connectivity index (χ1n) is 13.9. The SMILES string of the molecule is O=P(OCCCc1ccccc1)(OCCCc1ccccc1)OCCCc1ccc(C2CCCC2)cc1. The Morgan fingerprint density at radius 1 is 0.568 bits per heavy atom. The van der Waals surface area contributed by atoms with Crippen molar-refractivity contribution < 1.29 is 18.1 Å². The van der Waals surface area contributed by atoms with Crippen molar-refractivity contribution in [2.75, 3.05) is 19.8 Å². The van der Waals surface area contributed by atoms with Crippen LogP contribution >= 0.6 is 7.82 Å². The van der Waals surface area contributed by atoms with E-state index in [1.165, 1.54) is 47.9 Å². The smallest absolute Gasteiger partial charge is 0.287 e. The average Bonchev–Trinajstić information content (AvgIpc) is 3.49. The summed E-state index contributed by atoms with van der Waals surface area (Å²) in [5, 5.41) is 0. The molecule has 4 rings (SSSR count). The molecule has 0 heterocycles. The van der Waals surface area contributed by atoms with Crippen LogP contribution in [0.25, 0.3) is 0 Å². The summed E-state index contributed by atoms with van der Waals surface area (Å²) in [5.74, 6) is 0.737. The zero-order chi connectivity index (χ0) is 25.6. The van der Waals surface area contributed by atoms with Crippen LogP contribution in [0.15, 0.2) is 84.9 Å². The van der Waals surface area contributed by atoms with Crippen LogP contribution in [0.2, 0.25) is 0 Å². The molecule has 0 radical (unpaired) electrons. The standard InChI is InChI=1S/C32H41O4P/c33-37(34-25-9-16-28-12-3-1-4-13-28,35-26-10-17-29-14-5-2-6-15-29)36-27-11-18-30-21-23-32(24-22-30)31-19-7-8-20-31/h1-6,12-15,21-24,31H,7-11,16-20,25-27H2. The van der Waals surface area contributed by atoms with Crippen LogP contribution in [0.3, 0.4) is 0 Å². The minimum Gasteiger partial charge on any atom is -0.287 e. The fourth-order valence-corrected chi connectivity index (χ4v) is 6.26. The summed E-state index contributed by atoms with van der Waals surface area (Å²) in [7, 11) is -3.61. The maximum absolute atomic E-state index is 13.4. The number of phosphoric acid groups is 1. The maximum atomic E-state index is 13.4. The van der Waals surface area contributed by atoms with Gasteiger partial charge in [-0.3, -0.25) is 13.6 Å². The third-order valence-corrected chi connectivity index (χ3v) is 8.57. The molecule has 0 N–H and O–H groups in total. The Balaban J connectivity index is 1.21. The minimum absolute atomic E-state index is 0.341. The molecule has 1 aliphatic rings. The van der Waals surface area contributed by atoms with Gasteiger partial charge in [-0.05, 0) is 79.5 Å². The van der Waals surface area contributed by atoms with Crippen molar-refractivity contribution in [3.05, 3.63) is 107 Å². The molecule has 4 nitrogen and oxygen atoms in total. The van der Waals surface area contributed by atoms with Crippen LogP contribution in [0.4, 0.5) is 0 Å². The molecular weight excluding hydrogens is 479 g/mol. The highest BCUT2D eigenvalue weighted by atomic mass is 31.2. The first kappa shape index (κ1) is 27.8. The largest absolute Gasteiger partial charge is 0.474 e. The molecule has 0 unspecified atom stereocenters. The van der Waals surface area contributed by atoms with E-state index in [1.807, 2.05) is 36.4 Å². The van der Waals surface area contributed by atoms with E-state index in [1.54, 1.807) is 0 Å². The van der Waals surface area contributed by atoms with Crippen LogP contribution in [0.1, 0.15) is 73.1 Å². The van der Waals surface area contributed by atoms with E-state index in [9.17, 15) is 4.57 Å². The molecule has 198 valence electrons. The molecule has 0 amide bonds. The van der Waals surface area contributed by atoms with Crippen LogP contribution in [-0.4, -0.2) is 19.8 Å². The molecule has 1 aliphatic carbocycles. The van der Waals surface area contributed by atoms with Gasteiger partial charge < -0.3 is 0 Å². The van der Waals surface area contributed by atoms with Crippen molar-refractivity contribution in [1.82, 2.24) is 0 Å². The van der Waals surface area contributed by atoms with Crippen LogP contribution < -0.4 is 0 Å². The summed E-state index contributed by atoms with van der Waals surface area (Å²) >= 11 is 0. The summed E-state index contributed by atoms with van der Waals surface area (Å²) in [4.78, 5) is 0. The first-order chi connectivity index (χ1) is 18.2. The summed E-state index contributed by atoms with van der Waals surface area (Å²) in [5.41, 5.74) is 5.23. The second kappa shape index (κ2) is 15.2. The van der Waals surface area contributed by atoms with E-state index in [0.717, 1.165) is 44.4 Å². The molecule has 3 aromatic carbocycles. The van der Waals surface area contributed by atoms with Crippen molar-refractivity contribution >= 4 is 7.82 Å². The van der Waals surface area contributed by atoms with E-state index in [-0.39, 0.29) is 0 Å². The highest BCUT2D eigenvalue weighted by Gasteiger charge is 2.26. The molecule has 0 atom stereocenters. The van der Waals surface area contributed by atoms with Gasteiger partial charge in [-0.25, -0.2) is 4.57 Å². The molecule has 1 saturated carbocycles. The van der Waals surface area contributed by atoms with Gasteiger partial charge in [-0.1, -0.05) is 97.8 Å². The number of phosphoric ester groups is 1. The highest BCUT2D eigenvalue weighted by molar-refractivity contribution is 7.48. The lowest BCUT2D eigenvalue weighted by Gasteiger charge is -2.18. The van der Waals surface area contributed by atoms with Gasteiger partial charge in [0.1, 0.15) is 0 Å². The molecule has 0 aliphatic heterocycles. The average molecular weight is 521 g/mol. The minimum atomic E-state index is -3.61. The third kappa shape index (κ3) is 9.87. The van der Waals surface area contributed by atoms with Gasteiger partial charge in [0, 0.05) is 0 Å². The lowest BCUT2D eigenvalue weighted by molar-refractivity contribution is 0.110. The van der Waals surface area contributed by atoms with Gasteiger partial charge in [-0.15, -0.1) is 0 Å². The Hall–Kier alpha value is -2.23. The van der Waals surface area contributed by atoms with E-state index < -0.39 is 7.82 Å². The summed E-state index contributed by atoms with van der Waals surface area (Å²) in [6.07, 6.45) is 10.3. The monoisotopic (exact) mass is 520 g/mol. The van der Waals surface area contributed by atoms with Crippen molar-refractivity contribution in [3.8, 4) is 0 Å². The Bertz CT molecular complexity index is 1010. The van der Waals surface area contributed by atoms with Crippen molar-refractivity contribution in [1.29, 1.82) is 0 Å². The summed E-state index contributed by atoms with van der Waals surface area (Å²) in [6.45, 7) is 1.03. The number of aryl methyl sites for hydroxylation is 3. The van der Waals surface area contributed by atoms with E-state index in [4.69, 9.17) is 13.6 Å². The lowest BCUT2D eigenvalue weighted by atomic mass is 9.96. The van der Waals surface area contributed by atoms with Gasteiger partial charge in [0.15, 0.2) is 0 Å². The van der Waals surface area contributed by atoms with Gasteiger partial charge in [0.2, 0.25) is 0 Å². The molecule has 0 bridgehead atoms. The Kier molecular flexibility index (Phi) is 11.5. The summed E-state index contributed by atoms with van der Waals surface area (Å²) < 4.78 is 30.6. The van der Waals surface area contributed by atoms with Gasteiger partial charge in [0.05, 0.1) is 19.8 Å². The predicted octanol–water partition coefficient (Wildman–Crippen LogP) is 8.70. The number of hydrogen-bond acceptors (Lipinski definition) is 4. The fraction of sp³-hybridized carbons (Fsp3) is 0.438. The molecule has 0 saturated heterocycles. The lowest BCUT2D eigenvalue weighted by Crippen LogP contribution is -2.06. The molecule has 5 heteroatoms. The Morgan fingerprint density at radius 3 is 1.41 bits per heavy atom. The van der Waals surface area contributed by atoms with Crippen LogP contribution in [0.5, 0.6) is 0 Å². The predicted molar refractivity (Wildman–Crippen MR) is 151 cm³/mol. The van der Waals surface area contributed by atoms with E-state index in [0.29, 0.717) is 19.8 Å². The maximum Gasteiger partial charge on any atom is 0.474 e. The van der Waals surface area contributed by atoms with E-state index in [2.05, 4.69) is 48.5 Å². The van der Waals surface area contributed by atoms with E-state index >= 15 is 0 Å². The second-order valence-electron chi connectivity index (χ2n) is 9.95. The normalized spacial score (nSPS) is 14.3. The first-order valence-corrected chi connectivity index (χ1v) is 15.4. The van der Waals surface area contributed by atoms with Crippen molar-refractivity contribution in [3.63, 3.8) is 0 Å². The zero-order valence-electron chi connectivity index (χ0n) is 21.9. The van der Waals surface area contributed by atoms with Crippen molar-refractivity contribution in [2.24, 2.45) is 0 Å².